The lowest BCUT2D eigenvalue weighted by molar-refractivity contribution is -0.313. The fraction of sp³-hybridized carbons (Fsp3) is 1.00. The Morgan fingerprint density at radius 3 is 2.30 bits per heavy atom. The smallest absolute Gasteiger partial charge is 0.187 e. The molecule has 0 aromatic rings. The molecule has 9 atom stereocenters. The third-order valence-electron chi connectivity index (χ3n) is 6.27. The standard InChI is InChI=1S/C19H36O8/c1-10-6-11(22)7-19(2,3)13(10)5-4-12(8-20)26-18-17(25)16(24)15(23)14(9-21)27-18/h10-18,20-25H,4-9H2,1-3H3/t10-,11+,12+,13+,14-,15-,16+,17-,18-/m1/s1. The summed E-state index contributed by atoms with van der Waals surface area (Å²) in [6.07, 6.45) is -4.78. The summed E-state index contributed by atoms with van der Waals surface area (Å²) in [6.45, 7) is 5.61. The van der Waals surface area contributed by atoms with E-state index in [-0.39, 0.29) is 18.1 Å². The molecule has 0 aromatic heterocycles. The van der Waals surface area contributed by atoms with E-state index in [1.807, 2.05) is 0 Å². The molecule has 0 radical (unpaired) electrons. The van der Waals surface area contributed by atoms with Crippen molar-refractivity contribution in [1.29, 1.82) is 0 Å². The van der Waals surface area contributed by atoms with Gasteiger partial charge in [0, 0.05) is 0 Å². The van der Waals surface area contributed by atoms with Crippen molar-refractivity contribution in [3.05, 3.63) is 0 Å². The zero-order valence-electron chi connectivity index (χ0n) is 16.4. The first-order chi connectivity index (χ1) is 12.6. The molecule has 0 amide bonds. The molecule has 8 heteroatoms. The van der Waals surface area contributed by atoms with Crippen molar-refractivity contribution in [3.8, 4) is 0 Å². The monoisotopic (exact) mass is 392 g/mol. The van der Waals surface area contributed by atoms with Crippen LogP contribution in [0.1, 0.15) is 46.5 Å². The first kappa shape index (κ1) is 23.0. The zero-order chi connectivity index (χ0) is 20.4. The molecule has 2 rings (SSSR count). The van der Waals surface area contributed by atoms with Gasteiger partial charge >= 0.3 is 0 Å². The average molecular weight is 392 g/mol. The van der Waals surface area contributed by atoms with Gasteiger partial charge in [-0.05, 0) is 42.9 Å². The molecule has 2 fully saturated rings. The Morgan fingerprint density at radius 1 is 1.07 bits per heavy atom. The minimum atomic E-state index is -1.50. The van der Waals surface area contributed by atoms with Crippen LogP contribution in [0, 0.1) is 17.3 Å². The molecule has 160 valence electrons. The molecular weight excluding hydrogens is 356 g/mol. The van der Waals surface area contributed by atoms with Crippen molar-refractivity contribution in [2.75, 3.05) is 13.2 Å². The zero-order valence-corrected chi connectivity index (χ0v) is 16.4. The van der Waals surface area contributed by atoms with E-state index < -0.39 is 43.4 Å². The quantitative estimate of drug-likeness (QED) is 0.337. The molecule has 1 saturated heterocycles. The van der Waals surface area contributed by atoms with Crippen LogP contribution >= 0.6 is 0 Å². The summed E-state index contributed by atoms with van der Waals surface area (Å²) in [5.41, 5.74) is -0.0276. The SMILES string of the molecule is C[C@@H]1C[C@H](O)CC(C)(C)[C@H]1CC[C@@H](CO)O[C@@H]1O[C@H](CO)[C@@H](O)[C@H](O)[C@H]1O. The van der Waals surface area contributed by atoms with Crippen LogP contribution in [0.15, 0.2) is 0 Å². The lowest BCUT2D eigenvalue weighted by Gasteiger charge is -2.46. The van der Waals surface area contributed by atoms with Crippen molar-refractivity contribution in [2.45, 2.75) is 89.4 Å². The van der Waals surface area contributed by atoms with Crippen LogP contribution in [0.2, 0.25) is 0 Å². The summed E-state index contributed by atoms with van der Waals surface area (Å²) in [4.78, 5) is 0. The van der Waals surface area contributed by atoms with Crippen LogP contribution in [-0.2, 0) is 9.47 Å². The van der Waals surface area contributed by atoms with E-state index in [9.17, 15) is 30.6 Å². The third kappa shape index (κ3) is 5.39. The summed E-state index contributed by atoms with van der Waals surface area (Å²) >= 11 is 0. The maximum absolute atomic E-state index is 10.1. The van der Waals surface area contributed by atoms with Crippen LogP contribution in [0.25, 0.3) is 0 Å². The molecule has 0 bridgehead atoms. The van der Waals surface area contributed by atoms with Crippen molar-refractivity contribution in [1.82, 2.24) is 0 Å². The van der Waals surface area contributed by atoms with Crippen LogP contribution in [0.3, 0.4) is 0 Å². The summed E-state index contributed by atoms with van der Waals surface area (Å²) in [5.74, 6) is 0.698. The maximum Gasteiger partial charge on any atom is 0.187 e. The van der Waals surface area contributed by atoms with Crippen molar-refractivity contribution < 1.29 is 40.1 Å². The number of aliphatic hydroxyl groups excluding tert-OH is 6. The molecule has 1 aliphatic heterocycles. The summed E-state index contributed by atoms with van der Waals surface area (Å²) < 4.78 is 11.0. The number of hydrogen-bond acceptors (Lipinski definition) is 8. The van der Waals surface area contributed by atoms with Gasteiger partial charge in [-0.3, -0.25) is 0 Å². The van der Waals surface area contributed by atoms with Gasteiger partial charge in [0.05, 0.1) is 25.4 Å². The van der Waals surface area contributed by atoms with E-state index in [2.05, 4.69) is 20.8 Å². The first-order valence-corrected chi connectivity index (χ1v) is 9.85. The number of aliphatic hydroxyl groups is 6. The second-order valence-corrected chi connectivity index (χ2v) is 8.88. The highest BCUT2D eigenvalue weighted by Gasteiger charge is 2.45. The predicted octanol–water partition coefficient (Wildman–Crippen LogP) is -0.623. The first-order valence-electron chi connectivity index (χ1n) is 9.85. The van der Waals surface area contributed by atoms with Crippen LogP contribution in [0.4, 0.5) is 0 Å². The molecule has 0 aromatic carbocycles. The molecular formula is C19H36O8. The van der Waals surface area contributed by atoms with Crippen LogP contribution in [-0.4, -0.2) is 86.8 Å². The topological polar surface area (TPSA) is 140 Å². The Balaban J connectivity index is 1.95. The van der Waals surface area contributed by atoms with E-state index in [0.717, 1.165) is 19.3 Å². The minimum absolute atomic E-state index is 0.0276. The van der Waals surface area contributed by atoms with Gasteiger partial charge in [0.15, 0.2) is 6.29 Å². The highest BCUT2D eigenvalue weighted by atomic mass is 16.7. The maximum atomic E-state index is 10.1. The lowest BCUT2D eigenvalue weighted by atomic mass is 9.61. The average Bonchev–Trinajstić information content (AvgIpc) is 2.59. The molecule has 2 aliphatic rings. The molecule has 6 N–H and O–H groups in total. The van der Waals surface area contributed by atoms with Gasteiger partial charge in [-0.1, -0.05) is 20.8 Å². The lowest BCUT2D eigenvalue weighted by Crippen LogP contribution is -2.59. The van der Waals surface area contributed by atoms with Crippen molar-refractivity contribution >= 4 is 0 Å². The number of rotatable bonds is 7. The second-order valence-electron chi connectivity index (χ2n) is 8.88. The highest BCUT2D eigenvalue weighted by Crippen LogP contribution is 2.46. The molecule has 27 heavy (non-hydrogen) atoms. The van der Waals surface area contributed by atoms with Gasteiger partial charge in [0.2, 0.25) is 0 Å². The Kier molecular flexibility index (Phi) is 8.04. The van der Waals surface area contributed by atoms with Gasteiger partial charge in [-0.25, -0.2) is 0 Å². The van der Waals surface area contributed by atoms with E-state index in [1.165, 1.54) is 0 Å². The molecule has 1 aliphatic carbocycles. The van der Waals surface area contributed by atoms with Gasteiger partial charge in [-0.2, -0.15) is 0 Å². The predicted molar refractivity (Wildman–Crippen MR) is 96.6 cm³/mol. The molecule has 1 heterocycles. The van der Waals surface area contributed by atoms with Gasteiger partial charge < -0.3 is 40.1 Å². The Morgan fingerprint density at radius 2 is 1.74 bits per heavy atom. The number of hydrogen-bond donors (Lipinski definition) is 6. The van der Waals surface area contributed by atoms with Crippen LogP contribution < -0.4 is 0 Å². The summed E-state index contributed by atoms with van der Waals surface area (Å²) in [7, 11) is 0. The highest BCUT2D eigenvalue weighted by molar-refractivity contribution is 4.91. The van der Waals surface area contributed by atoms with E-state index in [1.54, 1.807) is 0 Å². The summed E-state index contributed by atoms with van der Waals surface area (Å²) in [6, 6.07) is 0. The van der Waals surface area contributed by atoms with Gasteiger partial charge in [0.1, 0.15) is 24.4 Å². The molecule has 0 spiro atoms. The normalized spacial score (nSPS) is 43.4. The van der Waals surface area contributed by atoms with E-state index in [0.29, 0.717) is 18.3 Å². The largest absolute Gasteiger partial charge is 0.394 e. The fourth-order valence-corrected chi connectivity index (χ4v) is 4.82. The Hall–Kier alpha value is -0.320. The molecule has 8 nitrogen and oxygen atoms in total. The van der Waals surface area contributed by atoms with Gasteiger partial charge in [0.25, 0.3) is 0 Å². The van der Waals surface area contributed by atoms with E-state index in [4.69, 9.17) is 9.47 Å². The van der Waals surface area contributed by atoms with Crippen molar-refractivity contribution in [2.24, 2.45) is 17.3 Å². The van der Waals surface area contributed by atoms with Crippen molar-refractivity contribution in [3.63, 3.8) is 0 Å². The van der Waals surface area contributed by atoms with E-state index >= 15 is 0 Å². The minimum Gasteiger partial charge on any atom is -0.394 e. The molecule has 1 saturated carbocycles. The summed E-state index contributed by atoms with van der Waals surface area (Å²) in [5, 5.41) is 58.7. The Labute approximate surface area is 160 Å². The molecule has 0 unspecified atom stereocenters. The second kappa shape index (κ2) is 9.45. The van der Waals surface area contributed by atoms with Crippen LogP contribution in [0.5, 0.6) is 0 Å². The Bertz CT molecular complexity index is 457. The third-order valence-corrected chi connectivity index (χ3v) is 6.27. The fourth-order valence-electron chi connectivity index (χ4n) is 4.82. The van der Waals surface area contributed by atoms with Gasteiger partial charge in [-0.15, -0.1) is 0 Å². The number of ether oxygens (including phenoxy) is 2.